The summed E-state index contributed by atoms with van der Waals surface area (Å²) in [5.41, 5.74) is 0.865. The fourth-order valence-corrected chi connectivity index (χ4v) is 6.82. The molecular weight excluding hydrogens is 434 g/mol. The van der Waals surface area contributed by atoms with Crippen LogP contribution in [-0.4, -0.2) is 39.2 Å². The van der Waals surface area contributed by atoms with Crippen LogP contribution in [0, 0.1) is 11.8 Å². The Balaban J connectivity index is 1.62. The average Bonchev–Trinajstić information content (AvgIpc) is 3.37. The number of fused-ring (bicyclic) bond motifs is 1. The van der Waals surface area contributed by atoms with Crippen molar-refractivity contribution in [1.29, 1.82) is 0 Å². The van der Waals surface area contributed by atoms with Crippen LogP contribution in [0.4, 0.5) is 0 Å². The van der Waals surface area contributed by atoms with E-state index in [1.807, 2.05) is 27.8 Å². The summed E-state index contributed by atoms with van der Waals surface area (Å²) < 4.78 is 1.64. The van der Waals surface area contributed by atoms with Gasteiger partial charge in [-0.2, -0.15) is 0 Å². The quantitative estimate of drug-likeness (QED) is 0.297. The molecule has 0 aromatic carbocycles. The summed E-state index contributed by atoms with van der Waals surface area (Å²) in [7, 11) is 0. The number of nitrogens with zero attached hydrogens (tertiary/aromatic N) is 3. The van der Waals surface area contributed by atoms with E-state index >= 15 is 0 Å². The number of likely N-dealkylation sites (tertiary alicyclic amines) is 1. The molecule has 1 aliphatic heterocycles. The van der Waals surface area contributed by atoms with Gasteiger partial charge in [-0.25, -0.2) is 4.98 Å². The van der Waals surface area contributed by atoms with E-state index < -0.39 is 0 Å². The van der Waals surface area contributed by atoms with Gasteiger partial charge >= 0.3 is 0 Å². The van der Waals surface area contributed by atoms with Gasteiger partial charge in [-0.15, -0.1) is 29.3 Å². The van der Waals surface area contributed by atoms with Crippen LogP contribution in [-0.2, 0) is 11.3 Å². The molecule has 1 saturated heterocycles. The number of carbonyl (C=O) groups excluding carboxylic acids is 1. The molecule has 2 unspecified atom stereocenters. The Morgan fingerprint density at radius 3 is 2.77 bits per heavy atom. The minimum Gasteiger partial charge on any atom is -0.341 e. The van der Waals surface area contributed by atoms with E-state index in [0.29, 0.717) is 28.9 Å². The first-order valence-corrected chi connectivity index (χ1v) is 12.8. The van der Waals surface area contributed by atoms with Crippen LogP contribution in [0.1, 0.15) is 20.3 Å². The Bertz CT molecular complexity index is 1110. The Kier molecular flexibility index (Phi) is 6.46. The molecular formula is C22H25N3O2S3. The average molecular weight is 460 g/mol. The smallest absolute Gasteiger partial charge is 0.263 e. The monoisotopic (exact) mass is 459 g/mol. The molecule has 0 bridgehead atoms. The molecule has 4 heterocycles. The Morgan fingerprint density at radius 2 is 2.10 bits per heavy atom. The van der Waals surface area contributed by atoms with Gasteiger partial charge in [0.25, 0.3) is 5.56 Å². The van der Waals surface area contributed by atoms with E-state index in [0.717, 1.165) is 28.4 Å². The highest BCUT2D eigenvalue weighted by Gasteiger charge is 2.26. The minimum absolute atomic E-state index is 0.0697. The maximum Gasteiger partial charge on any atom is 0.263 e. The highest BCUT2D eigenvalue weighted by Crippen LogP contribution is 2.34. The molecule has 3 aromatic heterocycles. The summed E-state index contributed by atoms with van der Waals surface area (Å²) in [6.45, 7) is 10.2. The standard InChI is InChI=1S/C22H25N3O2S3/c1-4-7-25-21(27)19-16(17-6-5-8-28-17)12-29-20(19)23-22(25)30-13-18(26)24-10-14(2)9-15(3)11-24/h4-6,8,12,14-15H,1,7,9-11,13H2,2-3H3. The van der Waals surface area contributed by atoms with Crippen molar-refractivity contribution in [3.05, 3.63) is 45.9 Å². The molecule has 8 heteroatoms. The predicted molar refractivity (Wildman–Crippen MR) is 128 cm³/mol. The summed E-state index contributed by atoms with van der Waals surface area (Å²) in [5, 5.41) is 5.24. The Morgan fingerprint density at radius 1 is 1.33 bits per heavy atom. The number of thioether (sulfide) groups is 1. The van der Waals surface area contributed by atoms with E-state index in [-0.39, 0.29) is 17.2 Å². The largest absolute Gasteiger partial charge is 0.341 e. The maximum atomic E-state index is 13.3. The molecule has 5 nitrogen and oxygen atoms in total. The highest BCUT2D eigenvalue weighted by atomic mass is 32.2. The second kappa shape index (κ2) is 9.08. The third-order valence-corrected chi connectivity index (χ3v) is 8.04. The van der Waals surface area contributed by atoms with Crippen molar-refractivity contribution in [2.24, 2.45) is 11.8 Å². The minimum atomic E-state index is -0.0697. The van der Waals surface area contributed by atoms with Gasteiger partial charge in [0.05, 0.1) is 11.1 Å². The zero-order valence-corrected chi connectivity index (χ0v) is 19.6. The van der Waals surface area contributed by atoms with E-state index in [4.69, 9.17) is 4.98 Å². The zero-order valence-electron chi connectivity index (χ0n) is 17.2. The number of carbonyl (C=O) groups is 1. The van der Waals surface area contributed by atoms with E-state index in [9.17, 15) is 9.59 Å². The summed E-state index contributed by atoms with van der Waals surface area (Å²) in [6.07, 6.45) is 2.87. The topological polar surface area (TPSA) is 55.2 Å². The summed E-state index contributed by atoms with van der Waals surface area (Å²) in [4.78, 5) is 34.6. The van der Waals surface area contributed by atoms with Crippen molar-refractivity contribution in [3.8, 4) is 10.4 Å². The third kappa shape index (κ3) is 4.26. The van der Waals surface area contributed by atoms with Crippen molar-refractivity contribution in [2.45, 2.75) is 32.0 Å². The van der Waals surface area contributed by atoms with Gasteiger partial charge in [-0.1, -0.05) is 37.8 Å². The molecule has 1 aliphatic rings. The van der Waals surface area contributed by atoms with Crippen molar-refractivity contribution >= 4 is 50.6 Å². The molecule has 30 heavy (non-hydrogen) atoms. The van der Waals surface area contributed by atoms with Crippen LogP contribution in [0.2, 0.25) is 0 Å². The highest BCUT2D eigenvalue weighted by molar-refractivity contribution is 7.99. The van der Waals surface area contributed by atoms with Crippen molar-refractivity contribution in [3.63, 3.8) is 0 Å². The predicted octanol–water partition coefficient (Wildman–Crippen LogP) is 4.97. The van der Waals surface area contributed by atoms with Gasteiger partial charge in [0.2, 0.25) is 5.91 Å². The van der Waals surface area contributed by atoms with Crippen LogP contribution in [0.25, 0.3) is 20.7 Å². The molecule has 3 aromatic rings. The molecule has 0 radical (unpaired) electrons. The molecule has 4 rings (SSSR count). The molecule has 158 valence electrons. The SMILES string of the molecule is C=CCn1c(SCC(=O)N2CC(C)CC(C)C2)nc2scc(-c3cccs3)c2c1=O. The summed E-state index contributed by atoms with van der Waals surface area (Å²) in [5.74, 6) is 1.46. The number of rotatable bonds is 6. The second-order valence-electron chi connectivity index (χ2n) is 7.94. The van der Waals surface area contributed by atoms with Crippen LogP contribution in [0.15, 0.2) is 45.5 Å². The second-order valence-corrected chi connectivity index (χ2v) is 10.7. The lowest BCUT2D eigenvalue weighted by Gasteiger charge is -2.35. The third-order valence-electron chi connectivity index (χ3n) is 5.30. The molecule has 0 N–H and O–H groups in total. The van der Waals surface area contributed by atoms with E-state index in [1.54, 1.807) is 22.0 Å². The maximum absolute atomic E-state index is 13.3. The number of aromatic nitrogens is 2. The van der Waals surface area contributed by atoms with E-state index in [2.05, 4.69) is 20.4 Å². The summed E-state index contributed by atoms with van der Waals surface area (Å²) in [6, 6.07) is 4.00. The first kappa shape index (κ1) is 21.3. The van der Waals surface area contributed by atoms with Crippen LogP contribution in [0.3, 0.4) is 0 Å². The fraction of sp³-hybridized carbons (Fsp3) is 0.409. The van der Waals surface area contributed by atoms with Gasteiger partial charge in [0, 0.05) is 35.5 Å². The van der Waals surface area contributed by atoms with Crippen molar-refractivity contribution in [2.75, 3.05) is 18.8 Å². The molecule has 1 fully saturated rings. The number of hydrogen-bond acceptors (Lipinski definition) is 6. The van der Waals surface area contributed by atoms with E-state index in [1.165, 1.54) is 29.5 Å². The molecule has 0 saturated carbocycles. The number of piperidine rings is 1. The van der Waals surface area contributed by atoms with Crippen LogP contribution in [0.5, 0.6) is 0 Å². The normalized spacial score (nSPS) is 19.3. The molecule has 0 aliphatic carbocycles. The lowest BCUT2D eigenvalue weighted by Crippen LogP contribution is -2.43. The lowest BCUT2D eigenvalue weighted by atomic mass is 9.92. The number of hydrogen-bond donors (Lipinski definition) is 0. The van der Waals surface area contributed by atoms with Gasteiger partial charge in [0.1, 0.15) is 4.83 Å². The number of allylic oxidation sites excluding steroid dienone is 1. The molecule has 1 amide bonds. The van der Waals surface area contributed by atoms with Crippen LogP contribution < -0.4 is 5.56 Å². The van der Waals surface area contributed by atoms with Crippen LogP contribution >= 0.6 is 34.4 Å². The fourth-order valence-electron chi connectivity index (χ4n) is 4.10. The zero-order chi connectivity index (χ0) is 21.3. The Labute approximate surface area is 188 Å². The molecule has 0 spiro atoms. The first-order valence-electron chi connectivity index (χ1n) is 10.0. The lowest BCUT2D eigenvalue weighted by molar-refractivity contribution is -0.130. The number of amides is 1. The van der Waals surface area contributed by atoms with Gasteiger partial charge in [0.15, 0.2) is 5.16 Å². The summed E-state index contributed by atoms with van der Waals surface area (Å²) >= 11 is 4.44. The van der Waals surface area contributed by atoms with Gasteiger partial charge in [-0.05, 0) is 29.7 Å². The number of thiophene rings is 2. The molecule has 2 atom stereocenters. The van der Waals surface area contributed by atoms with Gasteiger partial charge < -0.3 is 4.90 Å². The van der Waals surface area contributed by atoms with Gasteiger partial charge in [-0.3, -0.25) is 14.2 Å². The van der Waals surface area contributed by atoms with Crippen molar-refractivity contribution in [1.82, 2.24) is 14.5 Å². The first-order chi connectivity index (χ1) is 14.5. The Hall–Kier alpha value is -1.90. The van der Waals surface area contributed by atoms with Crippen molar-refractivity contribution < 1.29 is 4.79 Å².